The van der Waals surface area contributed by atoms with Crippen molar-refractivity contribution in [3.63, 3.8) is 0 Å². The van der Waals surface area contributed by atoms with Crippen molar-refractivity contribution < 1.29 is 85.3 Å². The molecule has 10 atom stereocenters. The van der Waals surface area contributed by atoms with Crippen LogP contribution in [0.2, 0.25) is 0 Å². The van der Waals surface area contributed by atoms with E-state index in [2.05, 4.69) is 0 Å². The summed E-state index contributed by atoms with van der Waals surface area (Å²) in [7, 11) is 0. The summed E-state index contributed by atoms with van der Waals surface area (Å²) in [6.07, 6.45) is -17.6. The first-order valence-electron chi connectivity index (χ1n) is 13.2. The Morgan fingerprint density at radius 2 is 0.818 bits per heavy atom. The largest absolute Gasteiger partial charge is 0.463 e. The van der Waals surface area contributed by atoms with Gasteiger partial charge in [0, 0.05) is 48.5 Å². The second-order valence-electron chi connectivity index (χ2n) is 9.64. The van der Waals surface area contributed by atoms with Crippen molar-refractivity contribution in [2.24, 2.45) is 0 Å². The molecule has 2 fully saturated rings. The van der Waals surface area contributed by atoms with Crippen LogP contribution in [0.5, 0.6) is 0 Å². The molecule has 18 heteroatoms. The van der Waals surface area contributed by atoms with Crippen molar-refractivity contribution in [3.05, 3.63) is 0 Å². The van der Waals surface area contributed by atoms with Crippen molar-refractivity contribution in [2.75, 3.05) is 13.2 Å². The third kappa shape index (κ3) is 10.7. The van der Waals surface area contributed by atoms with Crippen molar-refractivity contribution in [1.82, 2.24) is 0 Å². The number of halogens is 1. The average molecular weight is 639 g/mol. The molecule has 2 aliphatic heterocycles. The van der Waals surface area contributed by atoms with Crippen molar-refractivity contribution >= 4 is 41.8 Å². The van der Waals surface area contributed by atoms with Gasteiger partial charge < -0.3 is 47.4 Å². The lowest BCUT2D eigenvalue weighted by molar-refractivity contribution is -0.374. The number of ether oxygens (including phenoxy) is 10. The SMILES string of the molecule is CC(=O)OC[C@H]1O[C@@H](O[C@H]2O[C@H](COC(C)=O)[C@@H](OC(C)=O)[C@H](OC(C)=O)[C@H]2OC(C)=O)[C@H](OC(C)=O)[C@@H](OC(C)=O)[C@H]1F. The number of esters is 7. The molecule has 0 bridgehead atoms. The van der Waals surface area contributed by atoms with Crippen LogP contribution >= 0.6 is 0 Å². The lowest BCUT2D eigenvalue weighted by atomic mass is 9.97. The Morgan fingerprint density at radius 1 is 0.477 bits per heavy atom. The van der Waals surface area contributed by atoms with Gasteiger partial charge in [0.25, 0.3) is 0 Å². The van der Waals surface area contributed by atoms with Crippen LogP contribution in [0.3, 0.4) is 0 Å². The molecule has 0 aliphatic carbocycles. The molecule has 2 rings (SSSR count). The second-order valence-corrected chi connectivity index (χ2v) is 9.64. The summed E-state index contributed by atoms with van der Waals surface area (Å²) >= 11 is 0. The quantitative estimate of drug-likeness (QED) is 0.207. The zero-order valence-corrected chi connectivity index (χ0v) is 25.0. The Bertz CT molecular complexity index is 1090. The number of rotatable bonds is 11. The predicted octanol–water partition coefficient (Wildman–Crippen LogP) is -0.424. The van der Waals surface area contributed by atoms with E-state index in [4.69, 9.17) is 47.4 Å². The minimum Gasteiger partial charge on any atom is -0.463 e. The fourth-order valence-corrected chi connectivity index (χ4v) is 4.38. The van der Waals surface area contributed by atoms with Gasteiger partial charge in [0.1, 0.15) is 25.4 Å². The van der Waals surface area contributed by atoms with E-state index in [1.54, 1.807) is 0 Å². The van der Waals surface area contributed by atoms with Gasteiger partial charge >= 0.3 is 41.8 Å². The normalized spacial score (nSPS) is 31.5. The van der Waals surface area contributed by atoms with Gasteiger partial charge in [0.05, 0.1) is 0 Å². The molecule has 0 aromatic carbocycles. The monoisotopic (exact) mass is 638 g/mol. The third-order valence-electron chi connectivity index (χ3n) is 5.84. The highest BCUT2D eigenvalue weighted by atomic mass is 19.1. The Balaban J connectivity index is 2.61. The molecule has 17 nitrogen and oxygen atoms in total. The van der Waals surface area contributed by atoms with E-state index in [1.165, 1.54) is 0 Å². The van der Waals surface area contributed by atoms with Crippen LogP contribution in [0.1, 0.15) is 48.5 Å². The summed E-state index contributed by atoms with van der Waals surface area (Å²) in [5, 5.41) is 0. The molecule has 0 radical (unpaired) electrons. The zero-order valence-electron chi connectivity index (χ0n) is 25.0. The van der Waals surface area contributed by atoms with Crippen LogP contribution in [0, 0.1) is 0 Å². The van der Waals surface area contributed by atoms with Gasteiger partial charge in [-0.3, -0.25) is 33.6 Å². The number of carbonyl (C=O) groups is 7. The second kappa shape index (κ2) is 16.2. The molecular weight excluding hydrogens is 603 g/mol. The van der Waals surface area contributed by atoms with Crippen LogP contribution in [-0.4, -0.2) is 116 Å². The first-order valence-corrected chi connectivity index (χ1v) is 13.2. The molecule has 0 aromatic rings. The van der Waals surface area contributed by atoms with Crippen molar-refractivity contribution in [2.45, 2.75) is 110 Å². The Labute approximate surface area is 250 Å². The van der Waals surface area contributed by atoms with Crippen LogP contribution < -0.4 is 0 Å². The fourth-order valence-electron chi connectivity index (χ4n) is 4.38. The number of hydrogen-bond donors (Lipinski definition) is 0. The number of hydrogen-bond acceptors (Lipinski definition) is 17. The summed E-state index contributed by atoms with van der Waals surface area (Å²) in [6, 6.07) is 0. The van der Waals surface area contributed by atoms with Gasteiger partial charge in [0.15, 0.2) is 36.7 Å². The van der Waals surface area contributed by atoms with Gasteiger partial charge in [-0.1, -0.05) is 0 Å². The first kappa shape index (κ1) is 36.3. The lowest BCUT2D eigenvalue weighted by Gasteiger charge is -2.47. The average Bonchev–Trinajstić information content (AvgIpc) is 2.87. The van der Waals surface area contributed by atoms with E-state index >= 15 is 4.39 Å². The summed E-state index contributed by atoms with van der Waals surface area (Å²) in [6.45, 7) is 5.80. The number of alkyl halides is 1. The molecule has 0 aromatic heterocycles. The topological polar surface area (TPSA) is 212 Å². The maximum absolute atomic E-state index is 15.5. The summed E-state index contributed by atoms with van der Waals surface area (Å²) in [5.74, 6) is -6.26. The first-order chi connectivity index (χ1) is 20.5. The molecular formula is C26H35FO17. The van der Waals surface area contributed by atoms with E-state index < -0.39 is 116 Å². The molecule has 2 aliphatic rings. The fraction of sp³-hybridized carbons (Fsp3) is 0.731. The maximum atomic E-state index is 15.5. The highest BCUT2D eigenvalue weighted by molar-refractivity contribution is 5.69. The van der Waals surface area contributed by atoms with Crippen LogP contribution in [-0.2, 0) is 80.9 Å². The third-order valence-corrected chi connectivity index (χ3v) is 5.84. The van der Waals surface area contributed by atoms with E-state index in [1.807, 2.05) is 0 Å². The highest BCUT2D eigenvalue weighted by Crippen LogP contribution is 2.35. The zero-order chi connectivity index (χ0) is 33.3. The predicted molar refractivity (Wildman–Crippen MR) is 134 cm³/mol. The van der Waals surface area contributed by atoms with Crippen LogP contribution in [0.25, 0.3) is 0 Å². The molecule has 0 amide bonds. The molecule has 0 unspecified atom stereocenters. The van der Waals surface area contributed by atoms with E-state index in [9.17, 15) is 33.6 Å². The van der Waals surface area contributed by atoms with E-state index in [0.717, 1.165) is 48.5 Å². The standard InChI is InChI=1S/C26H35FO17/c1-10(28)35-8-17-19(27)21(38-13(4)31)23(40-15(6)33)25(42-17)44-26-24(41-16(7)34)22(39-14(5)32)20(37-12(3)30)18(43-26)9-36-11(2)29/h17-26H,8-9H2,1-7H3/t17-,18-,19+,20-,21+,22+,23-,24-,25+,26-/m1/s1. The van der Waals surface area contributed by atoms with Gasteiger partial charge in [-0.05, 0) is 0 Å². The lowest BCUT2D eigenvalue weighted by Crippen LogP contribution is -2.66. The van der Waals surface area contributed by atoms with Gasteiger partial charge in [-0.15, -0.1) is 0 Å². The molecule has 2 saturated heterocycles. The smallest absolute Gasteiger partial charge is 0.303 e. The number of carbonyl (C=O) groups excluding carboxylic acids is 7. The van der Waals surface area contributed by atoms with Crippen molar-refractivity contribution in [3.8, 4) is 0 Å². The minimum absolute atomic E-state index is 0.589. The molecule has 0 N–H and O–H groups in total. The molecule has 0 spiro atoms. The van der Waals surface area contributed by atoms with Gasteiger partial charge in [-0.2, -0.15) is 0 Å². The maximum Gasteiger partial charge on any atom is 0.303 e. The van der Waals surface area contributed by atoms with E-state index in [0.29, 0.717) is 0 Å². The molecule has 44 heavy (non-hydrogen) atoms. The van der Waals surface area contributed by atoms with Gasteiger partial charge in [0.2, 0.25) is 12.6 Å². The van der Waals surface area contributed by atoms with Gasteiger partial charge in [-0.25, -0.2) is 4.39 Å². The summed E-state index contributed by atoms with van der Waals surface area (Å²) < 4.78 is 69.0. The molecule has 248 valence electrons. The summed E-state index contributed by atoms with van der Waals surface area (Å²) in [5.41, 5.74) is 0. The minimum atomic E-state index is -2.21. The van der Waals surface area contributed by atoms with Crippen molar-refractivity contribution in [1.29, 1.82) is 0 Å². The van der Waals surface area contributed by atoms with Crippen LogP contribution in [0.4, 0.5) is 4.39 Å². The van der Waals surface area contributed by atoms with Crippen LogP contribution in [0.15, 0.2) is 0 Å². The Kier molecular flexibility index (Phi) is 13.4. The highest BCUT2D eigenvalue weighted by Gasteiger charge is 2.57. The summed E-state index contributed by atoms with van der Waals surface area (Å²) in [4.78, 5) is 83.0. The Hall–Kier alpha value is -3.90. The van der Waals surface area contributed by atoms with E-state index in [-0.39, 0.29) is 0 Å². The molecule has 2 heterocycles. The molecule has 0 saturated carbocycles. The Morgan fingerprint density at radius 3 is 1.25 bits per heavy atom.